The summed E-state index contributed by atoms with van der Waals surface area (Å²) in [5, 5.41) is 8.62. The van der Waals surface area contributed by atoms with E-state index in [1.807, 2.05) is 18.7 Å². The van der Waals surface area contributed by atoms with Crippen LogP contribution < -0.4 is 0 Å². The van der Waals surface area contributed by atoms with E-state index in [0.29, 0.717) is 25.9 Å². The summed E-state index contributed by atoms with van der Waals surface area (Å²) in [5.74, 6) is 0.126. The van der Waals surface area contributed by atoms with Gasteiger partial charge in [-0.15, -0.1) is 0 Å². The Morgan fingerprint density at radius 2 is 2.00 bits per heavy atom. The maximum absolute atomic E-state index is 11.6. The molecule has 4 nitrogen and oxygen atoms in total. The van der Waals surface area contributed by atoms with Crippen molar-refractivity contribution in [3.63, 3.8) is 0 Å². The number of rotatable bonds is 3. The number of amides is 1. The molecule has 1 fully saturated rings. The highest BCUT2D eigenvalue weighted by Crippen LogP contribution is 2.12. The molecule has 4 heteroatoms. The monoisotopic (exact) mass is 201 g/mol. The maximum atomic E-state index is 11.6. The first-order chi connectivity index (χ1) is 6.63. The van der Waals surface area contributed by atoms with Crippen molar-refractivity contribution in [3.05, 3.63) is 0 Å². The Balaban J connectivity index is 2.38. The van der Waals surface area contributed by atoms with Crippen LogP contribution in [0.3, 0.4) is 0 Å². The van der Waals surface area contributed by atoms with E-state index in [1.165, 1.54) is 0 Å². The number of carbonyl (C=O) groups excluding carboxylic acids is 1. The highest BCUT2D eigenvalue weighted by Gasteiger charge is 2.25. The molecule has 0 saturated carbocycles. The fourth-order valence-corrected chi connectivity index (χ4v) is 1.77. The molecule has 0 aromatic heterocycles. The van der Waals surface area contributed by atoms with Gasteiger partial charge in [-0.25, -0.2) is 0 Å². The van der Waals surface area contributed by atoms with Gasteiger partial charge < -0.3 is 14.7 Å². The van der Waals surface area contributed by atoms with Crippen molar-refractivity contribution in [1.82, 2.24) is 4.90 Å². The lowest BCUT2D eigenvalue weighted by molar-refractivity contribution is -0.143. The third-order valence-corrected chi connectivity index (χ3v) is 2.32. The van der Waals surface area contributed by atoms with Crippen LogP contribution in [0.1, 0.15) is 26.7 Å². The number of ether oxygens (including phenoxy) is 1. The van der Waals surface area contributed by atoms with E-state index in [4.69, 9.17) is 9.84 Å². The third kappa shape index (κ3) is 3.27. The Bertz CT molecular complexity index is 186. The van der Waals surface area contributed by atoms with Crippen molar-refractivity contribution in [3.8, 4) is 0 Å². The number of hydrogen-bond donors (Lipinski definition) is 1. The van der Waals surface area contributed by atoms with Gasteiger partial charge in [-0.1, -0.05) is 0 Å². The third-order valence-electron chi connectivity index (χ3n) is 2.32. The normalized spacial score (nSPS) is 27.8. The van der Waals surface area contributed by atoms with Gasteiger partial charge in [-0.05, 0) is 20.3 Å². The number of hydrogen-bond acceptors (Lipinski definition) is 3. The first-order valence-electron chi connectivity index (χ1n) is 5.17. The number of morpholine rings is 1. The molecule has 1 rings (SSSR count). The van der Waals surface area contributed by atoms with Gasteiger partial charge in [-0.3, -0.25) is 4.79 Å². The first-order valence-corrected chi connectivity index (χ1v) is 5.17. The summed E-state index contributed by atoms with van der Waals surface area (Å²) in [6.07, 6.45) is 1.24. The molecule has 0 unspecified atom stereocenters. The molecule has 0 radical (unpaired) electrons. The minimum Gasteiger partial charge on any atom is -0.396 e. The van der Waals surface area contributed by atoms with E-state index in [1.54, 1.807) is 0 Å². The molecule has 1 amide bonds. The predicted molar refractivity (Wildman–Crippen MR) is 52.9 cm³/mol. The van der Waals surface area contributed by atoms with Crippen LogP contribution in [0, 0.1) is 0 Å². The van der Waals surface area contributed by atoms with Crippen molar-refractivity contribution in [2.75, 3.05) is 19.7 Å². The Labute approximate surface area is 84.8 Å². The zero-order valence-corrected chi connectivity index (χ0v) is 8.90. The largest absolute Gasteiger partial charge is 0.396 e. The summed E-state index contributed by atoms with van der Waals surface area (Å²) in [6, 6.07) is 0. The average molecular weight is 201 g/mol. The van der Waals surface area contributed by atoms with Gasteiger partial charge >= 0.3 is 0 Å². The fraction of sp³-hybridized carbons (Fsp3) is 0.900. The van der Waals surface area contributed by atoms with Crippen molar-refractivity contribution in [1.29, 1.82) is 0 Å². The number of carbonyl (C=O) groups is 1. The van der Waals surface area contributed by atoms with Crippen LogP contribution in [0.15, 0.2) is 0 Å². The molecular weight excluding hydrogens is 182 g/mol. The fourth-order valence-electron chi connectivity index (χ4n) is 1.77. The van der Waals surface area contributed by atoms with Crippen LogP contribution in [0.5, 0.6) is 0 Å². The van der Waals surface area contributed by atoms with Gasteiger partial charge in [0.05, 0.1) is 12.2 Å². The Hall–Kier alpha value is -0.610. The number of aliphatic hydroxyl groups is 1. The van der Waals surface area contributed by atoms with E-state index in [9.17, 15) is 4.79 Å². The molecular formula is C10H19NO3. The van der Waals surface area contributed by atoms with Crippen LogP contribution >= 0.6 is 0 Å². The van der Waals surface area contributed by atoms with Crippen molar-refractivity contribution >= 4 is 5.91 Å². The predicted octanol–water partition coefficient (Wildman–Crippen LogP) is 0.395. The number of nitrogens with zero attached hydrogens (tertiary/aromatic N) is 1. The van der Waals surface area contributed by atoms with Gasteiger partial charge in [0.15, 0.2) is 0 Å². The van der Waals surface area contributed by atoms with Gasteiger partial charge in [0.1, 0.15) is 0 Å². The van der Waals surface area contributed by atoms with E-state index < -0.39 is 0 Å². The van der Waals surface area contributed by atoms with Crippen LogP contribution in [0.2, 0.25) is 0 Å². The lowest BCUT2D eigenvalue weighted by Crippen LogP contribution is -2.48. The summed E-state index contributed by atoms with van der Waals surface area (Å²) in [6.45, 7) is 5.38. The second kappa shape index (κ2) is 5.32. The molecule has 1 aliphatic rings. The molecule has 0 spiro atoms. The van der Waals surface area contributed by atoms with E-state index in [-0.39, 0.29) is 24.7 Å². The quantitative estimate of drug-likeness (QED) is 0.719. The standard InChI is InChI=1S/C10H19NO3/c1-8-6-11(7-9(2)14-8)10(13)4-3-5-12/h8-9,12H,3-7H2,1-2H3/t8-,9+. The Morgan fingerprint density at radius 3 is 2.50 bits per heavy atom. The first kappa shape index (κ1) is 11.5. The lowest BCUT2D eigenvalue weighted by atomic mass is 10.2. The van der Waals surface area contributed by atoms with Crippen molar-refractivity contribution in [2.45, 2.75) is 38.9 Å². The summed E-state index contributed by atoms with van der Waals surface area (Å²) in [4.78, 5) is 13.4. The smallest absolute Gasteiger partial charge is 0.222 e. The highest BCUT2D eigenvalue weighted by molar-refractivity contribution is 5.76. The van der Waals surface area contributed by atoms with E-state index in [2.05, 4.69) is 0 Å². The molecule has 0 bridgehead atoms. The minimum atomic E-state index is 0.0845. The van der Waals surface area contributed by atoms with Crippen LogP contribution in [0.4, 0.5) is 0 Å². The van der Waals surface area contributed by atoms with Gasteiger partial charge in [0.25, 0.3) is 0 Å². The minimum absolute atomic E-state index is 0.0845. The van der Waals surface area contributed by atoms with Gasteiger partial charge in [-0.2, -0.15) is 0 Å². The second-order valence-electron chi connectivity index (χ2n) is 3.88. The summed E-state index contributed by atoms with van der Waals surface area (Å²) in [7, 11) is 0. The molecule has 1 N–H and O–H groups in total. The topological polar surface area (TPSA) is 49.8 Å². The SMILES string of the molecule is C[C@@H]1CN(C(=O)CCCO)C[C@H](C)O1. The highest BCUT2D eigenvalue weighted by atomic mass is 16.5. The van der Waals surface area contributed by atoms with Crippen LogP contribution in [-0.2, 0) is 9.53 Å². The summed E-state index contributed by atoms with van der Waals surface area (Å²) >= 11 is 0. The number of aliphatic hydroxyl groups excluding tert-OH is 1. The molecule has 1 saturated heterocycles. The van der Waals surface area contributed by atoms with Crippen LogP contribution in [0.25, 0.3) is 0 Å². The second-order valence-corrected chi connectivity index (χ2v) is 3.88. The van der Waals surface area contributed by atoms with Gasteiger partial charge in [0, 0.05) is 26.1 Å². The lowest BCUT2D eigenvalue weighted by Gasteiger charge is -2.35. The van der Waals surface area contributed by atoms with Crippen LogP contribution in [-0.4, -0.2) is 47.8 Å². The molecule has 14 heavy (non-hydrogen) atoms. The molecule has 2 atom stereocenters. The average Bonchev–Trinajstić information content (AvgIpc) is 2.12. The van der Waals surface area contributed by atoms with E-state index in [0.717, 1.165) is 0 Å². The van der Waals surface area contributed by atoms with Crippen molar-refractivity contribution < 1.29 is 14.6 Å². The molecule has 1 aliphatic heterocycles. The molecule has 1 heterocycles. The Morgan fingerprint density at radius 1 is 1.43 bits per heavy atom. The van der Waals surface area contributed by atoms with Gasteiger partial charge in [0.2, 0.25) is 5.91 Å². The van der Waals surface area contributed by atoms with E-state index >= 15 is 0 Å². The Kier molecular flexibility index (Phi) is 4.35. The maximum Gasteiger partial charge on any atom is 0.222 e. The zero-order chi connectivity index (χ0) is 10.6. The summed E-state index contributed by atoms with van der Waals surface area (Å²) < 4.78 is 5.53. The molecule has 0 aliphatic carbocycles. The summed E-state index contributed by atoms with van der Waals surface area (Å²) in [5.41, 5.74) is 0. The molecule has 0 aromatic carbocycles. The molecule has 0 aromatic rings. The zero-order valence-electron chi connectivity index (χ0n) is 8.90. The van der Waals surface area contributed by atoms with Crippen molar-refractivity contribution in [2.24, 2.45) is 0 Å². The molecule has 82 valence electrons.